The molecule has 1 aromatic carbocycles. The number of fused-ring (bicyclic) bond motifs is 3. The van der Waals surface area contributed by atoms with Gasteiger partial charge in [0.25, 0.3) is 5.56 Å². The van der Waals surface area contributed by atoms with Crippen LogP contribution in [0.15, 0.2) is 39.2 Å². The summed E-state index contributed by atoms with van der Waals surface area (Å²) in [5.41, 5.74) is 0.233. The van der Waals surface area contributed by atoms with E-state index in [1.807, 2.05) is 0 Å². The molecular weight excluding hydrogens is 432 g/mol. The van der Waals surface area contributed by atoms with Crippen LogP contribution >= 0.6 is 11.3 Å². The molecule has 0 fully saturated rings. The minimum atomic E-state index is -0.462. The molecule has 0 bridgehead atoms. The summed E-state index contributed by atoms with van der Waals surface area (Å²) in [6.45, 7) is 4.31. The molecule has 4 aromatic rings. The van der Waals surface area contributed by atoms with Gasteiger partial charge in [-0.2, -0.15) is 0 Å². The van der Waals surface area contributed by atoms with Crippen molar-refractivity contribution < 1.29 is 14.3 Å². The first-order valence-corrected chi connectivity index (χ1v) is 11.1. The van der Waals surface area contributed by atoms with E-state index in [-0.39, 0.29) is 23.7 Å². The summed E-state index contributed by atoms with van der Waals surface area (Å²) in [5.74, 6) is 1.23. The van der Waals surface area contributed by atoms with E-state index >= 15 is 0 Å². The zero-order valence-electron chi connectivity index (χ0n) is 18.3. The van der Waals surface area contributed by atoms with E-state index in [1.165, 1.54) is 34.5 Å². The molecule has 10 heteroatoms. The molecule has 0 unspecified atom stereocenters. The average molecular weight is 457 g/mol. The zero-order valence-corrected chi connectivity index (χ0v) is 19.1. The lowest BCUT2D eigenvalue weighted by Crippen LogP contribution is -2.27. The highest BCUT2D eigenvalue weighted by Gasteiger charge is 2.20. The third kappa shape index (κ3) is 3.70. The van der Waals surface area contributed by atoms with Crippen molar-refractivity contribution in [1.29, 1.82) is 0 Å². The molecule has 3 aromatic heterocycles. The van der Waals surface area contributed by atoms with E-state index in [2.05, 4.69) is 18.9 Å². The Morgan fingerprint density at radius 1 is 1.12 bits per heavy atom. The largest absolute Gasteiger partial charge is 0.493 e. The number of thiophene rings is 1. The van der Waals surface area contributed by atoms with Crippen molar-refractivity contribution in [3.8, 4) is 11.5 Å². The van der Waals surface area contributed by atoms with Crippen LogP contribution in [0.3, 0.4) is 0 Å². The van der Waals surface area contributed by atoms with Gasteiger partial charge in [-0.25, -0.2) is 13.9 Å². The van der Waals surface area contributed by atoms with Crippen LogP contribution in [0.2, 0.25) is 0 Å². The number of Topliss-reactive ketones (excluding diaryl/α,β-unsaturated/α-hetero) is 1. The quantitative estimate of drug-likeness (QED) is 0.378. The van der Waals surface area contributed by atoms with Crippen LogP contribution in [0.5, 0.6) is 11.5 Å². The molecule has 0 saturated carbocycles. The number of hydrogen-bond donors (Lipinski definition) is 0. The van der Waals surface area contributed by atoms with Crippen LogP contribution in [0, 0.1) is 5.92 Å². The smallest absolute Gasteiger partial charge is 0.352 e. The number of rotatable bonds is 8. The number of benzene rings is 1. The van der Waals surface area contributed by atoms with Crippen LogP contribution < -0.4 is 20.7 Å². The fourth-order valence-electron chi connectivity index (χ4n) is 3.56. The van der Waals surface area contributed by atoms with Gasteiger partial charge in [-0.15, -0.1) is 16.4 Å². The van der Waals surface area contributed by atoms with Gasteiger partial charge in [0, 0.05) is 12.1 Å². The molecule has 0 N–H and O–H groups in total. The summed E-state index contributed by atoms with van der Waals surface area (Å²) in [4.78, 5) is 39.1. The van der Waals surface area contributed by atoms with Gasteiger partial charge in [-0.3, -0.25) is 14.2 Å². The van der Waals surface area contributed by atoms with Gasteiger partial charge < -0.3 is 9.47 Å². The normalized spacial score (nSPS) is 11.5. The minimum Gasteiger partial charge on any atom is -0.493 e. The first kappa shape index (κ1) is 21.8. The molecule has 3 heterocycles. The van der Waals surface area contributed by atoms with Crippen LogP contribution in [-0.4, -0.2) is 38.8 Å². The molecule has 0 aliphatic rings. The second-order valence-corrected chi connectivity index (χ2v) is 8.76. The Bertz CT molecular complexity index is 1430. The van der Waals surface area contributed by atoms with Crippen molar-refractivity contribution >= 4 is 33.1 Å². The highest BCUT2D eigenvalue weighted by atomic mass is 32.1. The number of carbonyl (C=O) groups is 1. The Kier molecular flexibility index (Phi) is 5.88. The molecule has 0 aliphatic heterocycles. The molecular formula is C22H24N4O5S. The van der Waals surface area contributed by atoms with E-state index in [0.29, 0.717) is 39.7 Å². The van der Waals surface area contributed by atoms with Gasteiger partial charge in [-0.1, -0.05) is 13.8 Å². The van der Waals surface area contributed by atoms with Gasteiger partial charge >= 0.3 is 5.69 Å². The van der Waals surface area contributed by atoms with E-state index < -0.39 is 5.69 Å². The second-order valence-electron chi connectivity index (χ2n) is 7.84. The average Bonchev–Trinajstić information content (AvgIpc) is 3.38. The fraction of sp³-hybridized carbons (Fsp3) is 0.364. The second kappa shape index (κ2) is 8.62. The van der Waals surface area contributed by atoms with Gasteiger partial charge in [0.15, 0.2) is 17.3 Å². The Labute approximate surface area is 187 Å². The number of methoxy groups -OCH3 is 2. The third-order valence-corrected chi connectivity index (χ3v) is 6.21. The zero-order chi connectivity index (χ0) is 23.0. The topological polar surface area (TPSA) is 96.8 Å². The van der Waals surface area contributed by atoms with Crippen LogP contribution in [0.4, 0.5) is 0 Å². The number of nitrogens with zero attached hydrogens (tertiary/aromatic N) is 4. The van der Waals surface area contributed by atoms with Crippen molar-refractivity contribution in [2.75, 3.05) is 14.2 Å². The number of aromatic nitrogens is 4. The fourth-order valence-corrected chi connectivity index (χ4v) is 4.39. The highest BCUT2D eigenvalue weighted by molar-refractivity contribution is 7.17. The molecule has 168 valence electrons. The molecule has 4 rings (SSSR count). The predicted molar refractivity (Wildman–Crippen MR) is 122 cm³/mol. The predicted octanol–water partition coefficient (Wildman–Crippen LogP) is 2.82. The van der Waals surface area contributed by atoms with E-state index in [9.17, 15) is 14.4 Å². The summed E-state index contributed by atoms with van der Waals surface area (Å²) >= 11 is 1.29. The maximum absolute atomic E-state index is 13.2. The summed E-state index contributed by atoms with van der Waals surface area (Å²) in [7, 11) is 3.00. The lowest BCUT2D eigenvalue weighted by atomic mass is 10.1. The molecule has 0 saturated heterocycles. The Morgan fingerprint density at radius 3 is 2.56 bits per heavy atom. The van der Waals surface area contributed by atoms with E-state index in [1.54, 1.807) is 29.6 Å². The number of ether oxygens (including phenoxy) is 2. The van der Waals surface area contributed by atoms with Gasteiger partial charge in [0.05, 0.1) is 19.7 Å². The molecule has 0 aliphatic carbocycles. The SMILES string of the molecule is COc1ccc(C(=O)Cn2nc3n(CCC(C)C)c(=O)c4sccc4n3c2=O)cc1OC. The first-order valence-electron chi connectivity index (χ1n) is 10.2. The van der Waals surface area contributed by atoms with Gasteiger partial charge in [0.1, 0.15) is 11.2 Å². The minimum absolute atomic E-state index is 0.175. The summed E-state index contributed by atoms with van der Waals surface area (Å²) in [6, 6.07) is 6.54. The Hall–Kier alpha value is -3.40. The highest BCUT2D eigenvalue weighted by Crippen LogP contribution is 2.27. The lowest BCUT2D eigenvalue weighted by molar-refractivity contribution is 0.0966. The molecule has 0 radical (unpaired) electrons. The standard InChI is InChI=1S/C22H24N4O5S/c1-13(2)7-9-24-20(28)19-15(8-10-32-19)26-21(24)23-25(22(26)29)12-16(27)14-5-6-17(30-3)18(11-14)31-4/h5-6,8,10-11,13H,7,9,12H2,1-4H3. The number of hydrogen-bond acceptors (Lipinski definition) is 7. The van der Waals surface area contributed by atoms with Crippen molar-refractivity contribution in [3.05, 3.63) is 56.0 Å². The first-order chi connectivity index (χ1) is 15.3. The molecule has 0 atom stereocenters. The van der Waals surface area contributed by atoms with Crippen LogP contribution in [-0.2, 0) is 13.1 Å². The monoisotopic (exact) mass is 456 g/mol. The number of ketones is 1. The summed E-state index contributed by atoms with van der Waals surface area (Å²) < 4.78 is 15.0. The summed E-state index contributed by atoms with van der Waals surface area (Å²) in [5, 5.41) is 6.16. The molecule has 9 nitrogen and oxygen atoms in total. The number of carbonyl (C=O) groups excluding carboxylic acids is 1. The van der Waals surface area contributed by atoms with Crippen LogP contribution in [0.1, 0.15) is 30.6 Å². The van der Waals surface area contributed by atoms with Crippen molar-refractivity contribution in [2.45, 2.75) is 33.4 Å². The van der Waals surface area contributed by atoms with E-state index in [0.717, 1.165) is 11.1 Å². The van der Waals surface area contributed by atoms with Crippen molar-refractivity contribution in [1.82, 2.24) is 18.7 Å². The molecule has 0 spiro atoms. The van der Waals surface area contributed by atoms with E-state index in [4.69, 9.17) is 9.47 Å². The maximum atomic E-state index is 13.2. The lowest BCUT2D eigenvalue weighted by Gasteiger charge is -2.09. The molecule has 0 amide bonds. The maximum Gasteiger partial charge on any atom is 0.352 e. The number of aryl methyl sites for hydroxylation is 1. The van der Waals surface area contributed by atoms with Crippen molar-refractivity contribution in [2.24, 2.45) is 5.92 Å². The van der Waals surface area contributed by atoms with Crippen LogP contribution in [0.25, 0.3) is 16.0 Å². The Morgan fingerprint density at radius 2 is 1.88 bits per heavy atom. The molecule has 32 heavy (non-hydrogen) atoms. The van der Waals surface area contributed by atoms with Gasteiger partial charge in [0.2, 0.25) is 5.78 Å². The third-order valence-electron chi connectivity index (χ3n) is 5.32. The Balaban J connectivity index is 1.80. The van der Waals surface area contributed by atoms with Gasteiger partial charge in [-0.05, 0) is 42.0 Å². The summed E-state index contributed by atoms with van der Waals surface area (Å²) in [6.07, 6.45) is 0.762. The van der Waals surface area contributed by atoms with Crippen molar-refractivity contribution in [3.63, 3.8) is 0 Å².